The molecule has 0 aliphatic carbocycles. The third-order valence-corrected chi connectivity index (χ3v) is 8.41. The van der Waals surface area contributed by atoms with E-state index in [9.17, 15) is 19.2 Å². The molecule has 2 aliphatic heterocycles. The van der Waals surface area contributed by atoms with Gasteiger partial charge in [0.2, 0.25) is 6.29 Å². The quantitative estimate of drug-likeness (QED) is 0.143. The Balaban J connectivity index is 1.49. The first-order valence-corrected chi connectivity index (χ1v) is 17.6. The van der Waals surface area contributed by atoms with Crippen molar-refractivity contribution in [3.8, 4) is 0 Å². The van der Waals surface area contributed by atoms with Crippen molar-refractivity contribution in [3.63, 3.8) is 0 Å². The van der Waals surface area contributed by atoms with E-state index in [4.69, 9.17) is 47.4 Å². The molecular weight excluding hydrogens is 704 g/mol. The van der Waals surface area contributed by atoms with E-state index in [1.807, 2.05) is 91.0 Å². The first-order valence-electron chi connectivity index (χ1n) is 17.6. The summed E-state index contributed by atoms with van der Waals surface area (Å²) in [6.45, 7) is 5.06. The largest absolute Gasteiger partial charge is 0.456 e. The van der Waals surface area contributed by atoms with E-state index in [1.54, 1.807) is 0 Å². The van der Waals surface area contributed by atoms with Gasteiger partial charge in [0.05, 0.1) is 33.0 Å². The minimum absolute atomic E-state index is 0.0166. The molecule has 54 heavy (non-hydrogen) atoms. The molecule has 5 rings (SSSR count). The first kappa shape index (κ1) is 40.5. The van der Waals surface area contributed by atoms with Crippen molar-refractivity contribution >= 4 is 23.9 Å². The summed E-state index contributed by atoms with van der Waals surface area (Å²) >= 11 is 0. The maximum Gasteiger partial charge on any atom is 0.305 e. The number of hydrogen-bond donors (Lipinski definition) is 0. The van der Waals surface area contributed by atoms with Gasteiger partial charge in [0.15, 0.2) is 24.6 Å². The number of ether oxygens (including phenoxy) is 10. The Morgan fingerprint density at radius 3 is 1.35 bits per heavy atom. The zero-order valence-corrected chi connectivity index (χ0v) is 30.6. The van der Waals surface area contributed by atoms with Crippen LogP contribution in [-0.2, 0) is 86.4 Å². The molecule has 0 radical (unpaired) electrons. The molecule has 0 spiro atoms. The van der Waals surface area contributed by atoms with Crippen LogP contribution in [0.25, 0.3) is 0 Å². The van der Waals surface area contributed by atoms with E-state index in [-0.39, 0.29) is 33.0 Å². The standard InChI is InChI=1S/C40H46O14/c1-25(41)48-34-32(23-45-20-29-14-8-5-9-15-29)52-39(37(36(34)49-26(2)42)47-22-31-18-12-7-13-19-31)54-35-33(24-46-21-30-16-10-6-11-17-30)53-40(51-28(4)44)38(35)50-27(3)43/h5-19,32-40H,20-24H2,1-4H3/t32-,33-,34-,35-,36+,37-,38-,39-,40?/m1/s1. The highest BCUT2D eigenvalue weighted by Crippen LogP contribution is 2.35. The molecule has 14 nitrogen and oxygen atoms in total. The highest BCUT2D eigenvalue weighted by atomic mass is 16.8. The van der Waals surface area contributed by atoms with Gasteiger partial charge in [-0.2, -0.15) is 0 Å². The zero-order chi connectivity index (χ0) is 38.5. The van der Waals surface area contributed by atoms with Crippen LogP contribution in [0.5, 0.6) is 0 Å². The summed E-state index contributed by atoms with van der Waals surface area (Å²) in [4.78, 5) is 49.7. The second-order valence-corrected chi connectivity index (χ2v) is 12.8. The van der Waals surface area contributed by atoms with E-state index in [0.29, 0.717) is 0 Å². The minimum Gasteiger partial charge on any atom is -0.456 e. The Bertz CT molecular complexity index is 1640. The van der Waals surface area contributed by atoms with E-state index >= 15 is 0 Å². The van der Waals surface area contributed by atoms with E-state index in [2.05, 4.69) is 0 Å². The minimum atomic E-state index is -1.38. The van der Waals surface area contributed by atoms with Gasteiger partial charge >= 0.3 is 23.9 Å². The molecule has 3 aromatic rings. The molecule has 290 valence electrons. The van der Waals surface area contributed by atoms with Gasteiger partial charge in [0.1, 0.15) is 24.4 Å². The fourth-order valence-corrected chi connectivity index (χ4v) is 6.18. The van der Waals surface area contributed by atoms with Gasteiger partial charge in [-0.1, -0.05) is 91.0 Å². The molecule has 0 N–H and O–H groups in total. The Hall–Kier alpha value is -4.70. The van der Waals surface area contributed by atoms with Crippen LogP contribution < -0.4 is 0 Å². The predicted molar refractivity (Wildman–Crippen MR) is 188 cm³/mol. The topological polar surface area (TPSA) is 161 Å². The summed E-state index contributed by atoms with van der Waals surface area (Å²) in [6, 6.07) is 28.1. The van der Waals surface area contributed by atoms with Gasteiger partial charge in [-0.25, -0.2) is 0 Å². The predicted octanol–water partition coefficient (Wildman–Crippen LogP) is 4.20. The van der Waals surface area contributed by atoms with Crippen LogP contribution in [0.3, 0.4) is 0 Å². The summed E-state index contributed by atoms with van der Waals surface area (Å²) in [5, 5.41) is 0. The molecule has 1 unspecified atom stereocenters. The van der Waals surface area contributed by atoms with Crippen molar-refractivity contribution in [2.45, 2.75) is 103 Å². The molecule has 9 atom stereocenters. The van der Waals surface area contributed by atoms with Crippen molar-refractivity contribution in [1.29, 1.82) is 0 Å². The highest BCUT2D eigenvalue weighted by Gasteiger charge is 2.56. The third kappa shape index (κ3) is 11.9. The fourth-order valence-electron chi connectivity index (χ4n) is 6.18. The van der Waals surface area contributed by atoms with Crippen molar-refractivity contribution in [2.24, 2.45) is 0 Å². The van der Waals surface area contributed by atoms with Crippen molar-refractivity contribution < 1.29 is 66.5 Å². The van der Waals surface area contributed by atoms with Gasteiger partial charge in [-0.15, -0.1) is 0 Å². The van der Waals surface area contributed by atoms with Crippen molar-refractivity contribution in [2.75, 3.05) is 13.2 Å². The maximum absolute atomic E-state index is 12.7. The molecule has 14 heteroatoms. The smallest absolute Gasteiger partial charge is 0.305 e. The second kappa shape index (κ2) is 20.1. The lowest BCUT2D eigenvalue weighted by molar-refractivity contribution is -0.331. The van der Waals surface area contributed by atoms with E-state index < -0.39 is 79.2 Å². The van der Waals surface area contributed by atoms with Gasteiger partial charge in [0.25, 0.3) is 0 Å². The molecular formula is C40H46O14. The number of rotatable bonds is 17. The first-order chi connectivity index (χ1) is 26.1. The summed E-state index contributed by atoms with van der Waals surface area (Å²) in [7, 11) is 0. The fraction of sp³-hybridized carbons (Fsp3) is 0.450. The van der Waals surface area contributed by atoms with Gasteiger partial charge in [-0.05, 0) is 16.7 Å². The second-order valence-electron chi connectivity index (χ2n) is 12.8. The normalized spacial score (nSPS) is 26.4. The monoisotopic (exact) mass is 750 g/mol. The van der Waals surface area contributed by atoms with Gasteiger partial charge < -0.3 is 47.4 Å². The number of benzene rings is 3. The lowest BCUT2D eigenvalue weighted by Crippen LogP contribution is -2.63. The Kier molecular flexibility index (Phi) is 15.1. The Labute approximate surface area is 313 Å². The average Bonchev–Trinajstić information content (AvgIpc) is 3.43. The lowest BCUT2D eigenvalue weighted by atomic mass is 9.97. The van der Waals surface area contributed by atoms with Gasteiger partial charge in [-0.3, -0.25) is 19.2 Å². The molecule has 2 saturated heterocycles. The number of carbonyl (C=O) groups is 4. The maximum atomic E-state index is 12.7. The van der Waals surface area contributed by atoms with E-state index in [1.165, 1.54) is 27.7 Å². The van der Waals surface area contributed by atoms with Crippen LogP contribution >= 0.6 is 0 Å². The SMILES string of the molecule is CC(=O)OC1O[C@H](COCc2ccccc2)[C@@H](O[C@H]2O[C@H](COCc3ccccc3)[C@@H](OC(C)=O)[C@H](OC(C)=O)[C@H]2OCc2ccccc2)[C@H]1OC(C)=O. The van der Waals surface area contributed by atoms with Crippen LogP contribution in [0.2, 0.25) is 0 Å². The Morgan fingerprint density at radius 2 is 0.870 bits per heavy atom. The summed E-state index contributed by atoms with van der Waals surface area (Å²) in [5.74, 6) is -2.72. The Morgan fingerprint density at radius 1 is 0.463 bits per heavy atom. The zero-order valence-electron chi connectivity index (χ0n) is 30.6. The van der Waals surface area contributed by atoms with Crippen LogP contribution in [-0.4, -0.2) is 92.4 Å². The van der Waals surface area contributed by atoms with Crippen LogP contribution in [0, 0.1) is 0 Å². The van der Waals surface area contributed by atoms with Crippen molar-refractivity contribution in [1.82, 2.24) is 0 Å². The molecule has 0 amide bonds. The number of hydrogen-bond acceptors (Lipinski definition) is 14. The van der Waals surface area contributed by atoms with Crippen LogP contribution in [0.4, 0.5) is 0 Å². The molecule has 2 fully saturated rings. The summed E-state index contributed by atoms with van der Waals surface area (Å²) in [5.41, 5.74) is 2.55. The summed E-state index contributed by atoms with van der Waals surface area (Å²) < 4.78 is 60.4. The van der Waals surface area contributed by atoms with Crippen LogP contribution in [0.1, 0.15) is 44.4 Å². The highest BCUT2D eigenvalue weighted by molar-refractivity contribution is 5.68. The molecule has 3 aromatic carbocycles. The van der Waals surface area contributed by atoms with Crippen molar-refractivity contribution in [3.05, 3.63) is 108 Å². The van der Waals surface area contributed by atoms with E-state index in [0.717, 1.165) is 16.7 Å². The lowest BCUT2D eigenvalue weighted by Gasteiger charge is -2.45. The third-order valence-electron chi connectivity index (χ3n) is 8.41. The van der Waals surface area contributed by atoms with Crippen LogP contribution in [0.15, 0.2) is 91.0 Å². The van der Waals surface area contributed by atoms with Gasteiger partial charge in [0, 0.05) is 27.7 Å². The number of esters is 4. The summed E-state index contributed by atoms with van der Waals surface area (Å²) in [6.07, 6.45) is -10.9. The molecule has 0 saturated carbocycles. The molecule has 0 aromatic heterocycles. The molecule has 2 aliphatic rings. The number of carbonyl (C=O) groups excluding carboxylic acids is 4. The average molecular weight is 751 g/mol. The molecule has 2 heterocycles. The molecule has 0 bridgehead atoms.